The second-order valence-electron chi connectivity index (χ2n) is 2.89. The summed E-state index contributed by atoms with van der Waals surface area (Å²) >= 11 is 0. The zero-order chi connectivity index (χ0) is 10.6. The van der Waals surface area contributed by atoms with Crippen molar-refractivity contribution in [3.05, 3.63) is 23.8 Å². The maximum Gasteiger partial charge on any atom is 0.161 e. The quantitative estimate of drug-likeness (QED) is 0.558. The Hall–Kier alpha value is -1.71. The number of benzene rings is 1. The van der Waals surface area contributed by atoms with E-state index in [0.717, 1.165) is 5.56 Å². The van der Waals surface area contributed by atoms with E-state index in [2.05, 4.69) is 0 Å². The van der Waals surface area contributed by atoms with Gasteiger partial charge in [-0.2, -0.15) is 0 Å². The molecule has 0 radical (unpaired) electrons. The topological polar surface area (TPSA) is 68.3 Å². The number of methoxy groups -OCH3 is 2. The van der Waals surface area contributed by atoms with Crippen LogP contribution < -0.4 is 15.2 Å². The van der Waals surface area contributed by atoms with Gasteiger partial charge in [0.25, 0.3) is 0 Å². The minimum Gasteiger partial charge on any atom is -0.493 e. The summed E-state index contributed by atoms with van der Waals surface area (Å²) in [5.41, 5.74) is 6.24. The SMILES string of the molecule is COc1ccc(CC(=N)N)cc1OC. The molecule has 0 saturated heterocycles. The van der Waals surface area contributed by atoms with Crippen LogP contribution in [0.25, 0.3) is 0 Å². The summed E-state index contributed by atoms with van der Waals surface area (Å²) in [6.45, 7) is 0. The summed E-state index contributed by atoms with van der Waals surface area (Å²) in [4.78, 5) is 0. The van der Waals surface area contributed by atoms with Crippen LogP contribution in [-0.4, -0.2) is 20.1 Å². The highest BCUT2D eigenvalue weighted by atomic mass is 16.5. The smallest absolute Gasteiger partial charge is 0.161 e. The lowest BCUT2D eigenvalue weighted by atomic mass is 10.1. The zero-order valence-electron chi connectivity index (χ0n) is 8.33. The molecule has 0 spiro atoms. The molecule has 0 amide bonds. The molecule has 0 aliphatic rings. The van der Waals surface area contributed by atoms with Gasteiger partial charge in [-0.3, -0.25) is 5.41 Å². The summed E-state index contributed by atoms with van der Waals surface area (Å²) in [5.74, 6) is 1.48. The molecule has 0 aliphatic heterocycles. The Morgan fingerprint density at radius 3 is 2.43 bits per heavy atom. The lowest BCUT2D eigenvalue weighted by molar-refractivity contribution is 0.354. The Bertz CT molecular complexity index is 337. The van der Waals surface area contributed by atoms with E-state index in [0.29, 0.717) is 17.9 Å². The van der Waals surface area contributed by atoms with E-state index >= 15 is 0 Å². The van der Waals surface area contributed by atoms with Crippen molar-refractivity contribution in [1.29, 1.82) is 5.41 Å². The van der Waals surface area contributed by atoms with Crippen molar-refractivity contribution in [1.82, 2.24) is 0 Å². The fourth-order valence-electron chi connectivity index (χ4n) is 1.21. The second-order valence-corrected chi connectivity index (χ2v) is 2.89. The number of hydrogen-bond donors (Lipinski definition) is 2. The van der Waals surface area contributed by atoms with Crippen molar-refractivity contribution >= 4 is 5.84 Å². The van der Waals surface area contributed by atoms with Crippen molar-refractivity contribution in [3.8, 4) is 11.5 Å². The summed E-state index contributed by atoms with van der Waals surface area (Å²) in [7, 11) is 3.16. The van der Waals surface area contributed by atoms with Gasteiger partial charge in [-0.1, -0.05) is 6.07 Å². The molecular formula is C10H14N2O2. The molecule has 14 heavy (non-hydrogen) atoms. The van der Waals surface area contributed by atoms with Gasteiger partial charge in [-0.15, -0.1) is 0 Å². The Kier molecular flexibility index (Phi) is 3.34. The highest BCUT2D eigenvalue weighted by molar-refractivity contribution is 5.79. The zero-order valence-corrected chi connectivity index (χ0v) is 8.33. The lowest BCUT2D eigenvalue weighted by Crippen LogP contribution is -2.12. The lowest BCUT2D eigenvalue weighted by Gasteiger charge is -2.08. The van der Waals surface area contributed by atoms with Gasteiger partial charge in [0.05, 0.1) is 20.1 Å². The van der Waals surface area contributed by atoms with Gasteiger partial charge in [-0.25, -0.2) is 0 Å². The molecule has 0 heterocycles. The first-order chi connectivity index (χ1) is 6.67. The van der Waals surface area contributed by atoms with Gasteiger partial charge >= 0.3 is 0 Å². The standard InChI is InChI=1S/C10H14N2O2/c1-13-8-4-3-7(6-10(11)12)5-9(8)14-2/h3-5H,6H2,1-2H3,(H3,11,12). The first-order valence-electron chi connectivity index (χ1n) is 4.21. The number of nitrogens with one attached hydrogen (secondary N) is 1. The van der Waals surface area contributed by atoms with Crippen LogP contribution in [0.15, 0.2) is 18.2 Å². The molecule has 0 aromatic heterocycles. The molecule has 1 rings (SSSR count). The summed E-state index contributed by atoms with van der Waals surface area (Å²) in [6.07, 6.45) is 0.431. The van der Waals surface area contributed by atoms with E-state index in [9.17, 15) is 0 Å². The van der Waals surface area contributed by atoms with Crippen LogP contribution in [0, 0.1) is 5.41 Å². The van der Waals surface area contributed by atoms with Crippen molar-refractivity contribution in [3.63, 3.8) is 0 Å². The molecule has 0 unspecified atom stereocenters. The van der Waals surface area contributed by atoms with Crippen LogP contribution in [0.4, 0.5) is 0 Å². The molecule has 0 saturated carbocycles. The van der Waals surface area contributed by atoms with E-state index in [1.807, 2.05) is 12.1 Å². The fourth-order valence-corrected chi connectivity index (χ4v) is 1.21. The van der Waals surface area contributed by atoms with Crippen LogP contribution in [0.3, 0.4) is 0 Å². The molecule has 4 nitrogen and oxygen atoms in total. The summed E-state index contributed by atoms with van der Waals surface area (Å²) in [5, 5.41) is 7.16. The van der Waals surface area contributed by atoms with Crippen LogP contribution in [-0.2, 0) is 6.42 Å². The monoisotopic (exact) mass is 194 g/mol. The van der Waals surface area contributed by atoms with E-state index < -0.39 is 0 Å². The third-order valence-electron chi connectivity index (χ3n) is 1.84. The molecule has 0 fully saturated rings. The number of nitrogens with two attached hydrogens (primary N) is 1. The van der Waals surface area contributed by atoms with Gasteiger partial charge < -0.3 is 15.2 Å². The molecule has 76 valence electrons. The van der Waals surface area contributed by atoms with Gasteiger partial charge in [0.15, 0.2) is 11.5 Å². The minimum absolute atomic E-state index is 0.136. The fraction of sp³-hybridized carbons (Fsp3) is 0.300. The summed E-state index contributed by atoms with van der Waals surface area (Å²) < 4.78 is 10.2. The molecule has 0 atom stereocenters. The largest absolute Gasteiger partial charge is 0.493 e. The third kappa shape index (κ3) is 2.39. The van der Waals surface area contributed by atoms with Crippen LogP contribution in [0.1, 0.15) is 5.56 Å². The van der Waals surface area contributed by atoms with E-state index in [1.165, 1.54) is 0 Å². The second kappa shape index (κ2) is 4.50. The van der Waals surface area contributed by atoms with Crippen LogP contribution in [0.2, 0.25) is 0 Å². The predicted octanol–water partition coefficient (Wildman–Crippen LogP) is 1.18. The summed E-state index contributed by atoms with van der Waals surface area (Å²) in [6, 6.07) is 5.49. The normalized spacial score (nSPS) is 9.57. The van der Waals surface area contributed by atoms with Crippen molar-refractivity contribution in [2.45, 2.75) is 6.42 Å². The van der Waals surface area contributed by atoms with Crippen LogP contribution >= 0.6 is 0 Å². The van der Waals surface area contributed by atoms with E-state index in [-0.39, 0.29) is 5.84 Å². The Morgan fingerprint density at radius 1 is 1.29 bits per heavy atom. The molecule has 0 aliphatic carbocycles. The molecular weight excluding hydrogens is 180 g/mol. The molecule has 0 bridgehead atoms. The molecule has 4 heteroatoms. The van der Waals surface area contributed by atoms with Gasteiger partial charge in [-0.05, 0) is 17.7 Å². The van der Waals surface area contributed by atoms with Gasteiger partial charge in [0.1, 0.15) is 0 Å². The van der Waals surface area contributed by atoms with Crippen molar-refractivity contribution in [2.75, 3.05) is 14.2 Å². The third-order valence-corrected chi connectivity index (χ3v) is 1.84. The number of ether oxygens (including phenoxy) is 2. The number of rotatable bonds is 4. The molecule has 1 aromatic carbocycles. The van der Waals surface area contributed by atoms with E-state index in [4.69, 9.17) is 20.6 Å². The molecule has 3 N–H and O–H groups in total. The highest BCUT2D eigenvalue weighted by Gasteiger charge is 2.04. The maximum absolute atomic E-state index is 7.16. The maximum atomic E-state index is 7.16. The predicted molar refractivity (Wildman–Crippen MR) is 55.2 cm³/mol. The Labute approximate surface area is 83.1 Å². The first-order valence-corrected chi connectivity index (χ1v) is 4.21. The van der Waals surface area contributed by atoms with Gasteiger partial charge in [0.2, 0.25) is 0 Å². The van der Waals surface area contributed by atoms with E-state index in [1.54, 1.807) is 20.3 Å². The number of hydrogen-bond acceptors (Lipinski definition) is 3. The average Bonchev–Trinajstić information content (AvgIpc) is 2.16. The highest BCUT2D eigenvalue weighted by Crippen LogP contribution is 2.27. The average molecular weight is 194 g/mol. The Balaban J connectivity index is 2.95. The first kappa shape index (κ1) is 10.4. The van der Waals surface area contributed by atoms with Gasteiger partial charge in [0, 0.05) is 6.42 Å². The van der Waals surface area contributed by atoms with Crippen LogP contribution in [0.5, 0.6) is 11.5 Å². The van der Waals surface area contributed by atoms with Crippen molar-refractivity contribution < 1.29 is 9.47 Å². The molecule has 1 aromatic rings. The minimum atomic E-state index is 0.136. The van der Waals surface area contributed by atoms with Crippen molar-refractivity contribution in [2.24, 2.45) is 5.73 Å². The number of amidine groups is 1. The Morgan fingerprint density at radius 2 is 1.93 bits per heavy atom.